The number of ether oxygens (including phenoxy) is 1. The van der Waals surface area contributed by atoms with E-state index in [-0.39, 0.29) is 11.7 Å². The van der Waals surface area contributed by atoms with Gasteiger partial charge < -0.3 is 9.26 Å². The monoisotopic (exact) mass is 239 g/mol. The molecule has 0 N–H and O–H groups in total. The number of aryl methyl sites for hydroxylation is 1. The number of carbonyl (C=O) groups is 1. The van der Waals surface area contributed by atoms with Gasteiger partial charge >= 0.3 is 0 Å². The molecule has 0 radical (unpaired) electrons. The topological polar surface area (TPSA) is 52.3 Å². The second-order valence-electron chi connectivity index (χ2n) is 3.35. The van der Waals surface area contributed by atoms with Gasteiger partial charge in [0.15, 0.2) is 5.58 Å². The molecule has 0 saturated carbocycles. The van der Waals surface area contributed by atoms with E-state index in [4.69, 9.17) is 20.9 Å². The van der Waals surface area contributed by atoms with E-state index in [0.717, 1.165) is 16.8 Å². The van der Waals surface area contributed by atoms with Crippen LogP contribution < -0.4 is 4.74 Å². The lowest BCUT2D eigenvalue weighted by Crippen LogP contribution is -1.92. The summed E-state index contributed by atoms with van der Waals surface area (Å²) < 4.78 is 10.2. The van der Waals surface area contributed by atoms with Gasteiger partial charge in [0, 0.05) is 18.2 Å². The van der Waals surface area contributed by atoms with E-state index < -0.39 is 0 Å². The molecule has 1 aromatic heterocycles. The zero-order chi connectivity index (χ0) is 11.5. The van der Waals surface area contributed by atoms with E-state index in [0.29, 0.717) is 12.0 Å². The van der Waals surface area contributed by atoms with Crippen molar-refractivity contribution in [3.05, 3.63) is 23.9 Å². The van der Waals surface area contributed by atoms with Crippen LogP contribution in [0.25, 0.3) is 11.0 Å². The third-order valence-electron chi connectivity index (χ3n) is 2.31. The maximum Gasteiger partial charge on any atom is 0.222 e. The highest BCUT2D eigenvalue weighted by Gasteiger charge is 2.10. The maximum absolute atomic E-state index is 10.7. The Morgan fingerprint density at radius 2 is 2.38 bits per heavy atom. The van der Waals surface area contributed by atoms with Crippen molar-refractivity contribution < 1.29 is 14.1 Å². The fraction of sp³-hybridized carbons (Fsp3) is 0.273. The predicted molar refractivity (Wildman–Crippen MR) is 59.7 cm³/mol. The van der Waals surface area contributed by atoms with Gasteiger partial charge in [-0.3, -0.25) is 4.79 Å². The predicted octanol–water partition coefficient (Wildman–Crippen LogP) is 2.53. The Hall–Kier alpha value is -1.55. The van der Waals surface area contributed by atoms with Crippen molar-refractivity contribution in [3.8, 4) is 5.75 Å². The van der Waals surface area contributed by atoms with Crippen LogP contribution in [0.3, 0.4) is 0 Å². The molecule has 0 fully saturated rings. The lowest BCUT2D eigenvalue weighted by molar-refractivity contribution is -0.111. The molecule has 0 atom stereocenters. The van der Waals surface area contributed by atoms with Gasteiger partial charge in [0.05, 0.1) is 12.8 Å². The van der Waals surface area contributed by atoms with Crippen molar-refractivity contribution >= 4 is 27.8 Å². The standard InChI is InChI=1S/C11H10ClNO3/c1-15-7-2-4-10-8(6-7)9(13-16-10)3-5-11(12)14/h2,4,6H,3,5H2,1H3. The average molecular weight is 240 g/mol. The number of carbonyl (C=O) groups excluding carboxylic acids is 1. The molecule has 0 amide bonds. The van der Waals surface area contributed by atoms with Crippen molar-refractivity contribution in [2.24, 2.45) is 0 Å². The van der Waals surface area contributed by atoms with E-state index in [1.165, 1.54) is 0 Å². The molecule has 84 valence electrons. The van der Waals surface area contributed by atoms with E-state index in [9.17, 15) is 4.79 Å². The molecule has 2 aromatic rings. The SMILES string of the molecule is COc1ccc2onc(CCC(=O)Cl)c2c1. The smallest absolute Gasteiger partial charge is 0.222 e. The summed E-state index contributed by atoms with van der Waals surface area (Å²) >= 11 is 5.28. The highest BCUT2D eigenvalue weighted by atomic mass is 35.5. The van der Waals surface area contributed by atoms with Crippen molar-refractivity contribution in [2.45, 2.75) is 12.8 Å². The summed E-state index contributed by atoms with van der Waals surface area (Å²) in [5.74, 6) is 0.731. The first-order valence-corrected chi connectivity index (χ1v) is 5.19. The van der Waals surface area contributed by atoms with Gasteiger partial charge in [-0.2, -0.15) is 0 Å². The minimum Gasteiger partial charge on any atom is -0.497 e. The highest BCUT2D eigenvalue weighted by molar-refractivity contribution is 6.63. The summed E-state index contributed by atoms with van der Waals surface area (Å²) in [6, 6.07) is 5.41. The Balaban J connectivity index is 2.34. The molecule has 0 bridgehead atoms. The van der Waals surface area contributed by atoms with Crippen molar-refractivity contribution in [1.29, 1.82) is 0 Å². The first-order chi connectivity index (χ1) is 7.70. The molecular weight excluding hydrogens is 230 g/mol. The van der Waals surface area contributed by atoms with Gasteiger partial charge in [-0.05, 0) is 29.8 Å². The van der Waals surface area contributed by atoms with Crippen LogP contribution in [-0.2, 0) is 11.2 Å². The first kappa shape index (κ1) is 11.0. The van der Waals surface area contributed by atoms with Crippen LogP contribution in [-0.4, -0.2) is 17.5 Å². The van der Waals surface area contributed by atoms with E-state index in [1.807, 2.05) is 6.07 Å². The largest absolute Gasteiger partial charge is 0.497 e. The number of hydrogen-bond donors (Lipinski definition) is 0. The molecule has 4 nitrogen and oxygen atoms in total. The third-order valence-corrected chi connectivity index (χ3v) is 2.50. The van der Waals surface area contributed by atoms with Crippen LogP contribution in [0.2, 0.25) is 0 Å². The Bertz CT molecular complexity index is 521. The number of halogens is 1. The summed E-state index contributed by atoms with van der Waals surface area (Å²) in [6.07, 6.45) is 0.725. The Kier molecular flexibility index (Phi) is 3.10. The van der Waals surface area contributed by atoms with Crippen LogP contribution in [0.15, 0.2) is 22.7 Å². The van der Waals surface area contributed by atoms with Gasteiger partial charge in [0.25, 0.3) is 0 Å². The Labute approximate surface area is 97.1 Å². The zero-order valence-corrected chi connectivity index (χ0v) is 9.45. The molecule has 0 unspecified atom stereocenters. The van der Waals surface area contributed by atoms with Crippen molar-refractivity contribution in [2.75, 3.05) is 7.11 Å². The normalized spacial score (nSPS) is 10.6. The summed E-state index contributed by atoms with van der Waals surface area (Å²) in [4.78, 5) is 10.7. The molecular formula is C11H10ClNO3. The van der Waals surface area contributed by atoms with Gasteiger partial charge in [-0.1, -0.05) is 5.16 Å². The molecule has 1 heterocycles. The molecule has 16 heavy (non-hydrogen) atoms. The number of benzene rings is 1. The fourth-order valence-electron chi connectivity index (χ4n) is 1.49. The molecule has 0 aliphatic rings. The molecule has 2 rings (SSSR count). The van der Waals surface area contributed by atoms with E-state index in [1.54, 1.807) is 19.2 Å². The quantitative estimate of drug-likeness (QED) is 0.770. The number of hydrogen-bond acceptors (Lipinski definition) is 4. The molecule has 0 aliphatic carbocycles. The number of methoxy groups -OCH3 is 1. The van der Waals surface area contributed by atoms with Crippen molar-refractivity contribution in [3.63, 3.8) is 0 Å². The second-order valence-corrected chi connectivity index (χ2v) is 3.77. The van der Waals surface area contributed by atoms with Crippen LogP contribution in [0, 0.1) is 0 Å². The molecule has 0 aliphatic heterocycles. The molecule has 5 heteroatoms. The maximum atomic E-state index is 10.7. The summed E-state index contributed by atoms with van der Waals surface area (Å²) in [7, 11) is 1.59. The Morgan fingerprint density at radius 3 is 3.06 bits per heavy atom. The minimum absolute atomic E-state index is 0.250. The van der Waals surface area contributed by atoms with Gasteiger partial charge in [0.2, 0.25) is 5.24 Å². The summed E-state index contributed by atoms with van der Waals surface area (Å²) in [6.45, 7) is 0. The van der Waals surface area contributed by atoms with E-state index in [2.05, 4.69) is 5.16 Å². The summed E-state index contributed by atoms with van der Waals surface area (Å²) in [5, 5.41) is 4.38. The van der Waals surface area contributed by atoms with Crippen molar-refractivity contribution in [1.82, 2.24) is 5.16 Å². The number of fused-ring (bicyclic) bond motifs is 1. The molecule has 0 spiro atoms. The average Bonchev–Trinajstić information content (AvgIpc) is 2.68. The molecule has 0 saturated heterocycles. The fourth-order valence-corrected chi connectivity index (χ4v) is 1.59. The lowest BCUT2D eigenvalue weighted by atomic mass is 10.1. The minimum atomic E-state index is -0.376. The zero-order valence-electron chi connectivity index (χ0n) is 8.70. The third kappa shape index (κ3) is 2.17. The van der Waals surface area contributed by atoms with Gasteiger partial charge in [-0.15, -0.1) is 0 Å². The highest BCUT2D eigenvalue weighted by Crippen LogP contribution is 2.24. The first-order valence-electron chi connectivity index (χ1n) is 4.81. The number of rotatable bonds is 4. The lowest BCUT2D eigenvalue weighted by Gasteiger charge is -1.98. The van der Waals surface area contributed by atoms with Crippen LogP contribution >= 0.6 is 11.6 Å². The van der Waals surface area contributed by atoms with Gasteiger partial charge in [-0.25, -0.2) is 0 Å². The van der Waals surface area contributed by atoms with Crippen LogP contribution in [0.5, 0.6) is 5.75 Å². The van der Waals surface area contributed by atoms with Crippen LogP contribution in [0.1, 0.15) is 12.1 Å². The number of aromatic nitrogens is 1. The van der Waals surface area contributed by atoms with Gasteiger partial charge in [0.1, 0.15) is 5.75 Å². The Morgan fingerprint density at radius 1 is 1.56 bits per heavy atom. The second kappa shape index (κ2) is 4.53. The molecule has 1 aromatic carbocycles. The summed E-state index contributed by atoms with van der Waals surface area (Å²) in [5.41, 5.74) is 1.40. The number of nitrogens with zero attached hydrogens (tertiary/aromatic N) is 1. The van der Waals surface area contributed by atoms with Crippen LogP contribution in [0.4, 0.5) is 0 Å². The van der Waals surface area contributed by atoms with E-state index >= 15 is 0 Å².